The highest BCUT2D eigenvalue weighted by atomic mass is 79.9. The van der Waals surface area contributed by atoms with Crippen molar-refractivity contribution in [1.29, 1.82) is 0 Å². The maximum absolute atomic E-state index is 12.4. The van der Waals surface area contributed by atoms with Gasteiger partial charge >= 0.3 is 0 Å². The van der Waals surface area contributed by atoms with Gasteiger partial charge in [-0.2, -0.15) is 0 Å². The van der Waals surface area contributed by atoms with E-state index in [1.54, 1.807) is 0 Å². The fourth-order valence-corrected chi connectivity index (χ4v) is 14.4. The van der Waals surface area contributed by atoms with Crippen LogP contribution in [0.2, 0.25) is 0 Å². The maximum Gasteiger partial charge on any atom is 0.200 e. The molecule has 0 heterocycles. The fraction of sp³-hybridized carbons (Fsp3) is 0. The van der Waals surface area contributed by atoms with E-state index in [4.69, 9.17) is 0 Å². The molecule has 24 heteroatoms. The van der Waals surface area contributed by atoms with Crippen molar-refractivity contribution in [1.82, 2.24) is 0 Å². The molecule has 20 aromatic rings. The highest BCUT2D eigenvalue weighted by Gasteiger charge is 2.28. The first-order chi connectivity index (χ1) is 53.6. The third-order valence-electron chi connectivity index (χ3n) is 18.2. The molecule has 0 aliphatic carbocycles. The van der Waals surface area contributed by atoms with Gasteiger partial charge in [0, 0.05) is 0 Å². The van der Waals surface area contributed by atoms with E-state index in [0.717, 1.165) is 0 Å². The van der Waals surface area contributed by atoms with Crippen molar-refractivity contribution in [2.45, 2.75) is 0 Å². The van der Waals surface area contributed by atoms with E-state index in [1.165, 1.54) is 129 Å². The van der Waals surface area contributed by atoms with E-state index in [9.17, 15) is 87.8 Å². The molecule has 20 aromatic carbocycles. The van der Waals surface area contributed by atoms with Crippen LogP contribution in [0, 0.1) is 116 Å². The van der Waals surface area contributed by atoms with Crippen LogP contribution in [-0.4, -0.2) is 0 Å². The largest absolute Gasteiger partial charge is 0.202 e. The molecule has 0 aliphatic rings. The second-order valence-electron chi connectivity index (χ2n) is 24.7. The number of hydrogen-bond donors (Lipinski definition) is 0. The molecular weight excluding hydrogens is 1760 g/mol. The average molecular weight is 1800 g/mol. The smallest absolute Gasteiger partial charge is 0.200 e. The summed E-state index contributed by atoms with van der Waals surface area (Å²) < 4.78 is 241. The molecule has 0 aromatic heterocycles. The molecule has 0 N–H and O–H groups in total. The van der Waals surface area contributed by atoms with E-state index in [-0.39, 0.29) is 0 Å². The molecule has 0 nitrogen and oxygen atoms in total. The van der Waals surface area contributed by atoms with Crippen molar-refractivity contribution < 1.29 is 87.8 Å². The van der Waals surface area contributed by atoms with Crippen molar-refractivity contribution in [2.24, 2.45) is 0 Å². The lowest BCUT2D eigenvalue weighted by Gasteiger charge is -2.09. The minimum Gasteiger partial charge on any atom is -0.202 e. The first-order valence-electron chi connectivity index (χ1n) is 32.8. The summed E-state index contributed by atoms with van der Waals surface area (Å²) in [4.78, 5) is 0. The normalized spacial score (nSPS) is 11.2. The third-order valence-corrected chi connectivity index (χ3v) is 21.0. The molecular formula is C88H40Br4F20. The van der Waals surface area contributed by atoms with Crippen LogP contribution in [0.1, 0.15) is 0 Å². The summed E-state index contributed by atoms with van der Waals surface area (Å²) in [5, 5.41) is 32.6. The Morgan fingerprint density at radius 1 is 0.107 bits per heavy atom. The highest BCUT2D eigenvalue weighted by molar-refractivity contribution is 9.11. The third kappa shape index (κ3) is 14.9. The highest BCUT2D eigenvalue weighted by Crippen LogP contribution is 2.40. The molecule has 0 fully saturated rings. The minimum absolute atomic E-state index is 1.06. The molecule has 560 valence electrons. The number of benzene rings is 20. The van der Waals surface area contributed by atoms with Gasteiger partial charge in [0.25, 0.3) is 0 Å². The van der Waals surface area contributed by atoms with Crippen molar-refractivity contribution >= 4 is 193 Å². The van der Waals surface area contributed by atoms with Crippen molar-refractivity contribution in [3.8, 4) is 0 Å². The Kier molecular flexibility index (Phi) is 23.2. The van der Waals surface area contributed by atoms with Gasteiger partial charge < -0.3 is 0 Å². The zero-order valence-corrected chi connectivity index (χ0v) is 62.5. The van der Waals surface area contributed by atoms with Crippen molar-refractivity contribution in [3.63, 3.8) is 0 Å². The summed E-state index contributed by atoms with van der Waals surface area (Å²) in [6.07, 6.45) is 0. The summed E-state index contributed by atoms with van der Waals surface area (Å²) in [6.45, 7) is 0. The van der Waals surface area contributed by atoms with Gasteiger partial charge in [-0.1, -0.05) is 243 Å². The number of hydrogen-bond acceptors (Lipinski definition) is 0. The molecule has 0 saturated heterocycles. The Balaban J connectivity index is 0.000000113. The summed E-state index contributed by atoms with van der Waals surface area (Å²) in [6, 6.07) is 87.4. The predicted octanol–water partition coefficient (Wildman–Crippen LogP) is 30.9. The Hall–Kier alpha value is -10.9. The molecule has 0 bridgehead atoms. The average Bonchev–Trinajstić information content (AvgIpc) is 0.761. The Bertz CT molecular complexity index is 5210. The molecule has 0 spiro atoms. The van der Waals surface area contributed by atoms with Gasteiger partial charge in [-0.3, -0.25) is 0 Å². The summed E-state index contributed by atoms with van der Waals surface area (Å²) in [5.41, 5.74) is 0. The second-order valence-corrected chi connectivity index (χ2v) is 27.9. The van der Waals surface area contributed by atoms with Crippen LogP contribution < -0.4 is 0 Å². The van der Waals surface area contributed by atoms with Crippen LogP contribution in [0.4, 0.5) is 87.8 Å². The maximum atomic E-state index is 12.4. The van der Waals surface area contributed by atoms with Gasteiger partial charge in [-0.15, -0.1) is 0 Å². The van der Waals surface area contributed by atoms with Crippen LogP contribution >= 0.6 is 63.7 Å². The lowest BCUT2D eigenvalue weighted by molar-refractivity contribution is 0.374. The lowest BCUT2D eigenvalue weighted by atomic mass is 9.95. The zero-order chi connectivity index (χ0) is 80.0. The van der Waals surface area contributed by atoms with Gasteiger partial charge in [0.05, 0.1) is 17.9 Å². The van der Waals surface area contributed by atoms with E-state index < -0.39 is 134 Å². The van der Waals surface area contributed by atoms with Crippen LogP contribution in [0.25, 0.3) is 129 Å². The van der Waals surface area contributed by atoms with Crippen LogP contribution in [0.15, 0.2) is 261 Å². The number of rotatable bonds is 0. The fourth-order valence-electron chi connectivity index (χ4n) is 13.0. The molecule has 112 heavy (non-hydrogen) atoms. The van der Waals surface area contributed by atoms with E-state index >= 15 is 0 Å². The summed E-state index contributed by atoms with van der Waals surface area (Å²) >= 11 is 8.87. The minimum atomic E-state index is -2.16. The Labute approximate surface area is 653 Å². The van der Waals surface area contributed by atoms with Crippen molar-refractivity contribution in [3.05, 3.63) is 377 Å². The molecule has 0 amide bonds. The lowest BCUT2D eigenvalue weighted by Crippen LogP contribution is -2.01. The molecule has 20 rings (SSSR count). The molecule has 0 aliphatic heterocycles. The van der Waals surface area contributed by atoms with Gasteiger partial charge in [-0.05, 0) is 193 Å². The summed E-state index contributed by atoms with van der Waals surface area (Å²) in [5.74, 6) is -39.2. The van der Waals surface area contributed by atoms with Gasteiger partial charge in [0.15, 0.2) is 93.1 Å². The van der Waals surface area contributed by atoms with Crippen molar-refractivity contribution in [2.75, 3.05) is 0 Å². The van der Waals surface area contributed by atoms with Gasteiger partial charge in [0.2, 0.25) is 23.3 Å². The monoisotopic (exact) mass is 1790 g/mol. The summed E-state index contributed by atoms with van der Waals surface area (Å²) in [7, 11) is 0. The molecule has 0 radical (unpaired) electrons. The van der Waals surface area contributed by atoms with Crippen LogP contribution in [0.5, 0.6) is 0 Å². The van der Waals surface area contributed by atoms with Crippen LogP contribution in [0.3, 0.4) is 0 Å². The topological polar surface area (TPSA) is 0 Å². The molecule has 0 saturated carbocycles. The first-order valence-corrected chi connectivity index (χ1v) is 35.9. The van der Waals surface area contributed by atoms with E-state index in [2.05, 4.69) is 306 Å². The van der Waals surface area contributed by atoms with E-state index in [0.29, 0.717) is 0 Å². The molecule has 0 atom stereocenters. The quantitative estimate of drug-likeness (QED) is 0.0614. The van der Waals surface area contributed by atoms with Gasteiger partial charge in [0.1, 0.15) is 0 Å². The standard InChI is InChI=1S/4C16H10.4C6BrF5/c4*1-3-11-7-9-13-5-2-6-14-10-8-12(4-1)15(11)16(13)14;4*7-1-2(8)4(10)6(12)5(11)3(1)9/h4*1-10H;;;;. The van der Waals surface area contributed by atoms with E-state index in [1.807, 2.05) is 0 Å². The first kappa shape index (κ1) is 79.2. The molecule has 0 unspecified atom stereocenters. The van der Waals surface area contributed by atoms with Crippen LogP contribution in [-0.2, 0) is 0 Å². The van der Waals surface area contributed by atoms with Gasteiger partial charge in [-0.25, -0.2) is 87.8 Å². The predicted molar refractivity (Wildman–Crippen MR) is 416 cm³/mol. The second kappa shape index (κ2) is 32.8. The number of halogens is 24. The SMILES string of the molecule is Fc1c(F)c(F)c(Br)c(F)c1F.Fc1c(F)c(F)c(Br)c(F)c1F.Fc1c(F)c(F)c(Br)c(F)c1F.Fc1c(F)c(F)c(Br)c(F)c1F.c1cc2ccc3cccc4ccc(c1)c2c34.c1cc2ccc3cccc4ccc(c1)c2c34.c1cc2ccc3cccc4ccc(c1)c2c34.c1cc2ccc3cccc4ccc(c1)c2c34. The zero-order valence-electron chi connectivity index (χ0n) is 56.2. The Morgan fingerprint density at radius 3 is 0.259 bits per heavy atom. The Morgan fingerprint density at radius 2 is 0.179 bits per heavy atom.